The Kier molecular flexibility index (Phi) is 11.9. The summed E-state index contributed by atoms with van der Waals surface area (Å²) in [6, 6.07) is 27.9. The van der Waals surface area contributed by atoms with Crippen molar-refractivity contribution < 1.29 is 29.0 Å². The molecule has 250 valence electrons. The number of aliphatic hydroxyl groups excluding tert-OH is 1. The van der Waals surface area contributed by atoms with Gasteiger partial charge in [0.15, 0.2) is 6.61 Å². The van der Waals surface area contributed by atoms with Crippen LogP contribution in [0, 0.1) is 13.8 Å². The zero-order chi connectivity index (χ0) is 34.8. The van der Waals surface area contributed by atoms with Crippen molar-refractivity contribution in [3.05, 3.63) is 114 Å². The second-order valence-corrected chi connectivity index (χ2v) is 11.4. The van der Waals surface area contributed by atoms with Gasteiger partial charge in [-0.3, -0.25) is 29.1 Å². The van der Waals surface area contributed by atoms with E-state index in [9.17, 15) is 24.3 Å². The van der Waals surface area contributed by atoms with Gasteiger partial charge in [0, 0.05) is 37.8 Å². The van der Waals surface area contributed by atoms with Gasteiger partial charge in [0.05, 0.1) is 5.69 Å². The molecule has 4 aromatic carbocycles. The van der Waals surface area contributed by atoms with Crippen LogP contribution in [0.2, 0.25) is 0 Å². The Morgan fingerprint density at radius 1 is 0.688 bits per heavy atom. The zero-order valence-corrected chi connectivity index (χ0v) is 27.6. The number of carbonyl (C=O) groups is 4. The van der Waals surface area contributed by atoms with E-state index in [0.717, 1.165) is 16.7 Å². The van der Waals surface area contributed by atoms with E-state index < -0.39 is 43.4 Å². The van der Waals surface area contributed by atoms with Gasteiger partial charge in [-0.15, -0.1) is 0 Å². The molecule has 0 heterocycles. The van der Waals surface area contributed by atoms with Crippen LogP contribution in [0.3, 0.4) is 0 Å². The number of aryl methyl sites for hydroxylation is 2. The highest BCUT2D eigenvalue weighted by molar-refractivity contribution is 6.11. The summed E-state index contributed by atoms with van der Waals surface area (Å²) in [4.78, 5) is 59.5. The number of para-hydroxylation sites is 3. The molecule has 0 bridgehead atoms. The van der Waals surface area contributed by atoms with Crippen molar-refractivity contribution in [1.29, 1.82) is 0 Å². The molecule has 0 saturated carbocycles. The maximum absolute atomic E-state index is 14.5. The standard InChI is InChI=1S/C37H41N5O6/c1-26-19-27(2)21-31(20-26)41(37(47)40(4)30-14-10-11-28(22-30)17-18-43)24-36(46)42(23-35(45)39(3)29-12-6-5-7-13-29)32-15-8-9-16-33(32)48-25-34(38)44/h5-16,19-22,43H,17-18,23-25H2,1-4H3,(H2,38,44). The van der Waals surface area contributed by atoms with Gasteiger partial charge in [0.25, 0.3) is 5.91 Å². The number of urea groups is 1. The van der Waals surface area contributed by atoms with Gasteiger partial charge in [-0.1, -0.05) is 48.5 Å². The molecule has 0 atom stereocenters. The highest BCUT2D eigenvalue weighted by Gasteiger charge is 2.30. The van der Waals surface area contributed by atoms with Crippen molar-refractivity contribution in [2.45, 2.75) is 20.3 Å². The lowest BCUT2D eigenvalue weighted by Crippen LogP contribution is -2.50. The van der Waals surface area contributed by atoms with E-state index in [0.29, 0.717) is 23.5 Å². The number of aliphatic hydroxyl groups is 1. The number of rotatable bonds is 13. The first-order chi connectivity index (χ1) is 23.0. The molecule has 0 aromatic heterocycles. The molecule has 11 heteroatoms. The molecule has 4 aromatic rings. The van der Waals surface area contributed by atoms with Crippen LogP contribution < -0.4 is 30.1 Å². The fraction of sp³-hybridized carbons (Fsp3) is 0.243. The van der Waals surface area contributed by atoms with Crippen LogP contribution in [-0.2, 0) is 20.8 Å². The smallest absolute Gasteiger partial charge is 0.329 e. The molecule has 0 unspecified atom stereocenters. The predicted molar refractivity (Wildman–Crippen MR) is 188 cm³/mol. The molecule has 0 saturated heterocycles. The number of anilines is 4. The van der Waals surface area contributed by atoms with Crippen LogP contribution in [-0.4, -0.2) is 69.3 Å². The van der Waals surface area contributed by atoms with E-state index in [1.807, 2.05) is 50.2 Å². The van der Waals surface area contributed by atoms with Gasteiger partial charge in [0.2, 0.25) is 11.8 Å². The van der Waals surface area contributed by atoms with E-state index >= 15 is 0 Å². The monoisotopic (exact) mass is 651 g/mol. The van der Waals surface area contributed by atoms with Crippen molar-refractivity contribution in [3.63, 3.8) is 0 Å². The number of likely N-dealkylation sites (N-methyl/N-ethyl adjacent to an activating group) is 1. The SMILES string of the molecule is Cc1cc(C)cc(N(CC(=O)N(CC(=O)N(C)c2ccccc2)c2ccccc2OCC(N)=O)C(=O)N(C)c2cccc(CCO)c2)c1. The third-order valence-electron chi connectivity index (χ3n) is 7.67. The Labute approximate surface area is 280 Å². The minimum absolute atomic E-state index is 0.0387. The van der Waals surface area contributed by atoms with Gasteiger partial charge >= 0.3 is 6.03 Å². The molecular weight excluding hydrogens is 610 g/mol. The molecular formula is C37H41N5O6. The normalized spacial score (nSPS) is 10.6. The number of hydrogen-bond acceptors (Lipinski definition) is 6. The van der Waals surface area contributed by atoms with Crippen molar-refractivity contribution >= 4 is 46.5 Å². The summed E-state index contributed by atoms with van der Waals surface area (Å²) >= 11 is 0. The van der Waals surface area contributed by atoms with E-state index in [1.54, 1.807) is 74.8 Å². The molecule has 0 aliphatic rings. The summed E-state index contributed by atoms with van der Waals surface area (Å²) in [5, 5.41) is 9.44. The minimum atomic E-state index is -0.708. The number of benzene rings is 4. The zero-order valence-electron chi connectivity index (χ0n) is 27.6. The summed E-state index contributed by atoms with van der Waals surface area (Å²) in [5.41, 5.74) is 9.91. The Bertz CT molecular complexity index is 1740. The molecule has 0 radical (unpaired) electrons. The summed E-state index contributed by atoms with van der Waals surface area (Å²) in [6.45, 7) is 2.50. The lowest BCUT2D eigenvalue weighted by Gasteiger charge is -2.32. The van der Waals surface area contributed by atoms with E-state index in [4.69, 9.17) is 10.5 Å². The van der Waals surface area contributed by atoms with Crippen LogP contribution in [0.1, 0.15) is 16.7 Å². The van der Waals surface area contributed by atoms with E-state index in [-0.39, 0.29) is 18.0 Å². The molecule has 0 aliphatic carbocycles. The third-order valence-corrected chi connectivity index (χ3v) is 7.67. The number of hydrogen-bond donors (Lipinski definition) is 2. The van der Waals surface area contributed by atoms with Crippen molar-refractivity contribution in [1.82, 2.24) is 0 Å². The largest absolute Gasteiger partial charge is 0.482 e. The van der Waals surface area contributed by atoms with Crippen LogP contribution in [0.4, 0.5) is 27.5 Å². The summed E-state index contributed by atoms with van der Waals surface area (Å²) in [6.07, 6.45) is 0.423. The Morgan fingerprint density at radius 2 is 1.31 bits per heavy atom. The summed E-state index contributed by atoms with van der Waals surface area (Å²) < 4.78 is 5.65. The number of carbonyl (C=O) groups excluding carboxylic acids is 4. The lowest BCUT2D eigenvalue weighted by molar-refractivity contribution is -0.121. The van der Waals surface area contributed by atoms with Crippen LogP contribution >= 0.6 is 0 Å². The second kappa shape index (κ2) is 16.2. The number of ether oxygens (including phenoxy) is 1. The second-order valence-electron chi connectivity index (χ2n) is 11.4. The molecule has 0 aliphatic heterocycles. The highest BCUT2D eigenvalue weighted by Crippen LogP contribution is 2.30. The van der Waals surface area contributed by atoms with Gasteiger partial charge in [-0.25, -0.2) is 4.79 Å². The Balaban J connectivity index is 1.75. The number of primary amides is 1. The third kappa shape index (κ3) is 8.98. The molecule has 0 spiro atoms. The molecule has 48 heavy (non-hydrogen) atoms. The topological polar surface area (TPSA) is 137 Å². The first kappa shape index (κ1) is 35.2. The average molecular weight is 652 g/mol. The van der Waals surface area contributed by atoms with Gasteiger partial charge < -0.3 is 20.5 Å². The molecule has 0 fully saturated rings. The molecule has 4 rings (SSSR count). The van der Waals surface area contributed by atoms with Gasteiger partial charge in [0.1, 0.15) is 18.8 Å². The van der Waals surface area contributed by atoms with Crippen molar-refractivity contribution in [2.24, 2.45) is 5.73 Å². The first-order valence-electron chi connectivity index (χ1n) is 15.4. The van der Waals surface area contributed by atoms with Gasteiger partial charge in [-0.05, 0) is 85.5 Å². The average Bonchev–Trinajstić information content (AvgIpc) is 3.07. The van der Waals surface area contributed by atoms with Crippen LogP contribution in [0.15, 0.2) is 97.1 Å². The fourth-order valence-electron chi connectivity index (χ4n) is 5.23. The molecule has 5 amide bonds. The van der Waals surface area contributed by atoms with Gasteiger partial charge in [-0.2, -0.15) is 0 Å². The van der Waals surface area contributed by atoms with E-state index in [2.05, 4.69) is 0 Å². The predicted octanol–water partition coefficient (Wildman–Crippen LogP) is 4.46. The Morgan fingerprint density at radius 3 is 1.98 bits per heavy atom. The maximum atomic E-state index is 14.5. The Hall–Kier alpha value is -5.68. The number of nitrogens with zero attached hydrogens (tertiary/aromatic N) is 4. The molecule has 11 nitrogen and oxygen atoms in total. The van der Waals surface area contributed by atoms with Crippen molar-refractivity contribution in [2.75, 3.05) is 60.0 Å². The van der Waals surface area contributed by atoms with E-state index in [1.165, 1.54) is 19.6 Å². The first-order valence-corrected chi connectivity index (χ1v) is 15.4. The number of amides is 5. The van der Waals surface area contributed by atoms with Crippen LogP contribution in [0.25, 0.3) is 0 Å². The minimum Gasteiger partial charge on any atom is -0.482 e. The molecule has 3 N–H and O–H groups in total. The quantitative estimate of drug-likeness (QED) is 0.219. The summed E-state index contributed by atoms with van der Waals surface area (Å²) in [5.74, 6) is -1.52. The van der Waals surface area contributed by atoms with Crippen molar-refractivity contribution in [3.8, 4) is 5.75 Å². The fourth-order valence-corrected chi connectivity index (χ4v) is 5.23. The lowest BCUT2D eigenvalue weighted by atomic mass is 10.1. The maximum Gasteiger partial charge on any atom is 0.329 e. The van der Waals surface area contributed by atoms with Crippen LogP contribution in [0.5, 0.6) is 5.75 Å². The highest BCUT2D eigenvalue weighted by atomic mass is 16.5. The number of nitrogens with two attached hydrogens (primary N) is 1. The summed E-state index contributed by atoms with van der Waals surface area (Å²) in [7, 11) is 3.23.